The summed E-state index contributed by atoms with van der Waals surface area (Å²) in [5, 5.41) is 3.82. The summed E-state index contributed by atoms with van der Waals surface area (Å²) in [5.41, 5.74) is 3.54. The van der Waals surface area contributed by atoms with E-state index in [1.807, 2.05) is 24.4 Å². The van der Waals surface area contributed by atoms with Gasteiger partial charge in [-0.1, -0.05) is 23.7 Å². The minimum absolute atomic E-state index is 0.0619. The number of piperidine rings is 1. The quantitative estimate of drug-likeness (QED) is 0.561. The van der Waals surface area contributed by atoms with Crippen LogP contribution in [0.4, 0.5) is 5.82 Å². The Morgan fingerprint density at radius 1 is 1.06 bits per heavy atom. The number of nitrogens with one attached hydrogen (secondary N) is 1. The van der Waals surface area contributed by atoms with Crippen LogP contribution in [-0.4, -0.2) is 66.2 Å². The maximum atomic E-state index is 12.9. The monoisotopic (exact) mass is 491 g/mol. The number of morpholine rings is 1. The van der Waals surface area contributed by atoms with Gasteiger partial charge in [-0.25, -0.2) is 4.98 Å². The first-order chi connectivity index (χ1) is 17.2. The lowest BCUT2D eigenvalue weighted by Crippen LogP contribution is -2.44. The first-order valence-electron chi connectivity index (χ1n) is 12.2. The Morgan fingerprint density at radius 3 is 2.60 bits per heavy atom. The molecule has 0 radical (unpaired) electrons. The molecule has 0 spiro atoms. The molecule has 182 valence electrons. The molecule has 8 heteroatoms. The smallest absolute Gasteiger partial charge is 0.251 e. The van der Waals surface area contributed by atoms with Crippen LogP contribution in [0.5, 0.6) is 0 Å². The van der Waals surface area contributed by atoms with Crippen molar-refractivity contribution in [1.29, 1.82) is 0 Å². The minimum Gasteiger partial charge on any atom is -0.378 e. The van der Waals surface area contributed by atoms with Crippen molar-refractivity contribution < 1.29 is 9.53 Å². The average molecular weight is 492 g/mol. The molecule has 0 bridgehead atoms. The predicted octanol–water partition coefficient (Wildman–Crippen LogP) is 4.03. The fourth-order valence-electron chi connectivity index (χ4n) is 4.66. The predicted molar refractivity (Wildman–Crippen MR) is 138 cm³/mol. The van der Waals surface area contributed by atoms with Crippen molar-refractivity contribution in [2.24, 2.45) is 0 Å². The first kappa shape index (κ1) is 23.7. The van der Waals surface area contributed by atoms with Crippen molar-refractivity contribution >= 4 is 23.3 Å². The van der Waals surface area contributed by atoms with Crippen molar-refractivity contribution in [2.45, 2.75) is 25.4 Å². The Bertz CT molecular complexity index is 1130. The van der Waals surface area contributed by atoms with Gasteiger partial charge in [-0.05, 0) is 48.7 Å². The van der Waals surface area contributed by atoms with E-state index in [0.717, 1.165) is 75.7 Å². The number of hydrogen-bond acceptors (Lipinski definition) is 6. The van der Waals surface area contributed by atoms with Crippen LogP contribution in [0.15, 0.2) is 61.1 Å². The minimum atomic E-state index is -0.0619. The molecule has 35 heavy (non-hydrogen) atoms. The highest BCUT2D eigenvalue weighted by molar-refractivity contribution is 6.33. The lowest BCUT2D eigenvalue weighted by molar-refractivity contribution is 0.0909. The van der Waals surface area contributed by atoms with Crippen LogP contribution in [-0.2, 0) is 11.3 Å². The van der Waals surface area contributed by atoms with Crippen molar-refractivity contribution in [1.82, 2.24) is 20.2 Å². The van der Waals surface area contributed by atoms with E-state index in [-0.39, 0.29) is 11.9 Å². The normalized spacial score (nSPS) is 17.3. The maximum Gasteiger partial charge on any atom is 0.251 e. The number of amides is 1. The van der Waals surface area contributed by atoms with Crippen LogP contribution in [0.1, 0.15) is 28.8 Å². The molecule has 0 saturated carbocycles. The molecular formula is C27H30ClN5O2. The SMILES string of the molecule is O=C(NC1CCN(Cc2ccc(N3CCOCC3)nc2)CC1)c1ccc(Cl)c(-c2cccnc2)c1. The third-order valence-corrected chi connectivity index (χ3v) is 7.00. The standard InChI is InChI=1S/C27H30ClN5O2/c28-25-5-4-21(16-24(25)22-2-1-9-29-18-22)27(34)31-23-7-10-32(11-8-23)19-20-3-6-26(30-17-20)33-12-14-35-15-13-33/h1-6,9,16-18,23H,7-8,10-15,19H2,(H,31,34). The molecule has 2 aromatic heterocycles. The molecule has 1 amide bonds. The zero-order valence-electron chi connectivity index (χ0n) is 19.7. The molecule has 2 saturated heterocycles. The molecule has 5 rings (SSSR count). The highest BCUT2D eigenvalue weighted by Gasteiger charge is 2.22. The van der Waals surface area contributed by atoms with Crippen molar-refractivity contribution in [2.75, 3.05) is 44.3 Å². The zero-order chi connectivity index (χ0) is 24.0. The summed E-state index contributed by atoms with van der Waals surface area (Å²) >= 11 is 6.38. The van der Waals surface area contributed by atoms with Gasteiger partial charge in [-0.3, -0.25) is 14.7 Å². The number of aromatic nitrogens is 2. The van der Waals surface area contributed by atoms with E-state index < -0.39 is 0 Å². The van der Waals surface area contributed by atoms with Crippen LogP contribution in [0.2, 0.25) is 5.02 Å². The molecular weight excluding hydrogens is 462 g/mol. The summed E-state index contributed by atoms with van der Waals surface area (Å²) in [7, 11) is 0. The fourth-order valence-corrected chi connectivity index (χ4v) is 4.89. The van der Waals surface area contributed by atoms with Gasteiger partial charge in [0.25, 0.3) is 5.91 Å². The number of nitrogens with zero attached hydrogens (tertiary/aromatic N) is 4. The Labute approximate surface area is 211 Å². The molecule has 2 fully saturated rings. The summed E-state index contributed by atoms with van der Waals surface area (Å²) in [6.45, 7) is 6.08. The number of benzene rings is 1. The van der Waals surface area contributed by atoms with Gasteiger partial charge in [0, 0.05) is 79.1 Å². The van der Waals surface area contributed by atoms with Crippen LogP contribution in [0.25, 0.3) is 11.1 Å². The van der Waals surface area contributed by atoms with Crippen LogP contribution in [0, 0.1) is 0 Å². The summed E-state index contributed by atoms with van der Waals surface area (Å²) in [4.78, 5) is 26.5. The Hall–Kier alpha value is -3.00. The van der Waals surface area contributed by atoms with E-state index >= 15 is 0 Å². The van der Waals surface area contributed by atoms with Crippen LogP contribution >= 0.6 is 11.6 Å². The first-order valence-corrected chi connectivity index (χ1v) is 12.5. The number of carbonyl (C=O) groups is 1. The average Bonchev–Trinajstić information content (AvgIpc) is 2.91. The van der Waals surface area contributed by atoms with Gasteiger partial charge in [0.1, 0.15) is 5.82 Å². The molecule has 0 atom stereocenters. The second-order valence-corrected chi connectivity index (χ2v) is 9.49. The van der Waals surface area contributed by atoms with Crippen LogP contribution in [0.3, 0.4) is 0 Å². The zero-order valence-corrected chi connectivity index (χ0v) is 20.5. The number of halogens is 1. The number of carbonyl (C=O) groups excluding carboxylic acids is 1. The Kier molecular flexibility index (Phi) is 7.57. The number of anilines is 1. The molecule has 0 aliphatic carbocycles. The molecule has 1 N–H and O–H groups in total. The van der Waals surface area contributed by atoms with Gasteiger partial charge in [0.05, 0.1) is 13.2 Å². The topological polar surface area (TPSA) is 70.6 Å². The van der Waals surface area contributed by atoms with Crippen LogP contribution < -0.4 is 10.2 Å². The lowest BCUT2D eigenvalue weighted by Gasteiger charge is -2.32. The summed E-state index contributed by atoms with van der Waals surface area (Å²) in [6.07, 6.45) is 7.31. The van der Waals surface area contributed by atoms with E-state index in [1.165, 1.54) is 5.56 Å². The van der Waals surface area contributed by atoms with Crippen molar-refractivity contribution in [3.8, 4) is 11.1 Å². The molecule has 3 aromatic rings. The maximum absolute atomic E-state index is 12.9. The second kappa shape index (κ2) is 11.2. The van der Waals surface area contributed by atoms with E-state index in [1.54, 1.807) is 24.5 Å². The summed E-state index contributed by atoms with van der Waals surface area (Å²) in [5.74, 6) is 0.959. The van der Waals surface area contributed by atoms with Crippen molar-refractivity contribution in [3.63, 3.8) is 0 Å². The second-order valence-electron chi connectivity index (χ2n) is 9.08. The Morgan fingerprint density at radius 2 is 1.89 bits per heavy atom. The third kappa shape index (κ3) is 5.99. The fraction of sp³-hybridized carbons (Fsp3) is 0.370. The molecule has 4 heterocycles. The highest BCUT2D eigenvalue weighted by Crippen LogP contribution is 2.28. The van der Waals surface area contributed by atoms with E-state index in [0.29, 0.717) is 10.6 Å². The third-order valence-electron chi connectivity index (χ3n) is 6.67. The Balaban J connectivity index is 1.12. The van der Waals surface area contributed by atoms with E-state index in [2.05, 4.69) is 37.2 Å². The molecule has 2 aliphatic heterocycles. The number of hydrogen-bond donors (Lipinski definition) is 1. The van der Waals surface area contributed by atoms with Gasteiger partial charge < -0.3 is 15.0 Å². The summed E-state index contributed by atoms with van der Waals surface area (Å²) < 4.78 is 5.42. The van der Waals surface area contributed by atoms with Crippen molar-refractivity contribution in [3.05, 3.63) is 77.2 Å². The highest BCUT2D eigenvalue weighted by atomic mass is 35.5. The van der Waals surface area contributed by atoms with Gasteiger partial charge >= 0.3 is 0 Å². The number of likely N-dealkylation sites (tertiary alicyclic amines) is 1. The molecule has 2 aliphatic rings. The number of rotatable bonds is 6. The lowest BCUT2D eigenvalue weighted by atomic mass is 10.0. The largest absolute Gasteiger partial charge is 0.378 e. The van der Waals surface area contributed by atoms with E-state index in [4.69, 9.17) is 16.3 Å². The van der Waals surface area contributed by atoms with Gasteiger partial charge in [-0.2, -0.15) is 0 Å². The van der Waals surface area contributed by atoms with E-state index in [9.17, 15) is 4.79 Å². The molecule has 7 nitrogen and oxygen atoms in total. The number of pyridine rings is 2. The number of ether oxygens (including phenoxy) is 1. The molecule has 1 aromatic carbocycles. The molecule has 0 unspecified atom stereocenters. The summed E-state index contributed by atoms with van der Waals surface area (Å²) in [6, 6.07) is 13.7. The van der Waals surface area contributed by atoms with Gasteiger partial charge in [0.2, 0.25) is 0 Å². The van der Waals surface area contributed by atoms with Gasteiger partial charge in [0.15, 0.2) is 0 Å². The van der Waals surface area contributed by atoms with Gasteiger partial charge in [-0.15, -0.1) is 0 Å².